The lowest BCUT2D eigenvalue weighted by Crippen LogP contribution is -2.22. The maximum Gasteiger partial charge on any atom is 0.0523 e. The molecule has 0 bridgehead atoms. The van der Waals surface area contributed by atoms with Gasteiger partial charge in [-0.3, -0.25) is 5.10 Å². The summed E-state index contributed by atoms with van der Waals surface area (Å²) < 4.78 is 0. The SMILES string of the molecule is Cl.c1n[nH]c2c1CCNC2. The Kier molecular flexibility index (Phi) is 2.29. The summed E-state index contributed by atoms with van der Waals surface area (Å²) in [7, 11) is 0. The number of aromatic amines is 1. The number of rotatable bonds is 0. The third kappa shape index (κ3) is 1.15. The highest BCUT2D eigenvalue weighted by Crippen LogP contribution is 2.07. The molecule has 1 aliphatic rings. The Labute approximate surface area is 65.6 Å². The summed E-state index contributed by atoms with van der Waals surface area (Å²) in [6.07, 6.45) is 3.03. The molecule has 0 spiro atoms. The second-order valence-corrected chi connectivity index (χ2v) is 2.30. The van der Waals surface area contributed by atoms with E-state index in [1.807, 2.05) is 6.20 Å². The molecule has 0 saturated heterocycles. The van der Waals surface area contributed by atoms with Crippen LogP contribution in [-0.4, -0.2) is 16.7 Å². The van der Waals surface area contributed by atoms with E-state index in [2.05, 4.69) is 15.5 Å². The Bertz CT molecular complexity index is 188. The first-order valence-electron chi connectivity index (χ1n) is 3.18. The average Bonchev–Trinajstić information content (AvgIpc) is 2.33. The van der Waals surface area contributed by atoms with Gasteiger partial charge in [-0.1, -0.05) is 0 Å². The first-order chi connectivity index (χ1) is 4.47. The van der Waals surface area contributed by atoms with Crippen LogP contribution in [0.4, 0.5) is 0 Å². The number of fused-ring (bicyclic) bond motifs is 1. The molecular weight excluding hydrogens is 150 g/mol. The average molecular weight is 160 g/mol. The van der Waals surface area contributed by atoms with Gasteiger partial charge in [0.15, 0.2) is 0 Å². The summed E-state index contributed by atoms with van der Waals surface area (Å²) in [6, 6.07) is 0. The van der Waals surface area contributed by atoms with E-state index >= 15 is 0 Å². The third-order valence-electron chi connectivity index (χ3n) is 1.68. The van der Waals surface area contributed by atoms with Crippen molar-refractivity contribution in [3.63, 3.8) is 0 Å². The highest BCUT2D eigenvalue weighted by molar-refractivity contribution is 5.85. The number of halogens is 1. The summed E-state index contributed by atoms with van der Waals surface area (Å²) in [4.78, 5) is 0. The Balaban J connectivity index is 0.000000500. The van der Waals surface area contributed by atoms with Gasteiger partial charge in [0.25, 0.3) is 0 Å². The maximum absolute atomic E-state index is 3.94. The fraction of sp³-hybridized carbons (Fsp3) is 0.500. The molecule has 0 radical (unpaired) electrons. The van der Waals surface area contributed by atoms with Gasteiger partial charge in [0, 0.05) is 6.54 Å². The zero-order valence-electron chi connectivity index (χ0n) is 5.55. The van der Waals surface area contributed by atoms with Crippen molar-refractivity contribution in [1.82, 2.24) is 15.5 Å². The highest BCUT2D eigenvalue weighted by Gasteiger charge is 2.08. The quantitative estimate of drug-likeness (QED) is 0.578. The second kappa shape index (κ2) is 3.03. The fourth-order valence-electron chi connectivity index (χ4n) is 1.14. The highest BCUT2D eigenvalue weighted by atomic mass is 35.5. The van der Waals surface area contributed by atoms with E-state index < -0.39 is 0 Å². The van der Waals surface area contributed by atoms with Crippen LogP contribution in [0.2, 0.25) is 0 Å². The predicted octanol–water partition coefficient (Wildman–Crippen LogP) is 0.477. The van der Waals surface area contributed by atoms with Crippen LogP contribution in [0.15, 0.2) is 6.20 Å². The summed E-state index contributed by atoms with van der Waals surface area (Å²) >= 11 is 0. The zero-order valence-corrected chi connectivity index (χ0v) is 6.37. The van der Waals surface area contributed by atoms with Crippen molar-refractivity contribution in [2.75, 3.05) is 6.54 Å². The molecule has 2 N–H and O–H groups in total. The summed E-state index contributed by atoms with van der Waals surface area (Å²) in [5.74, 6) is 0. The minimum atomic E-state index is 0. The number of hydrogen-bond donors (Lipinski definition) is 2. The first-order valence-corrected chi connectivity index (χ1v) is 3.18. The van der Waals surface area contributed by atoms with E-state index in [-0.39, 0.29) is 12.4 Å². The fourth-order valence-corrected chi connectivity index (χ4v) is 1.14. The molecule has 0 amide bonds. The Hall–Kier alpha value is -0.540. The first kappa shape index (κ1) is 7.57. The molecule has 2 rings (SSSR count). The monoisotopic (exact) mass is 159 g/mol. The minimum absolute atomic E-state index is 0. The molecule has 10 heavy (non-hydrogen) atoms. The summed E-state index contributed by atoms with van der Waals surface area (Å²) in [5, 5.41) is 10.1. The van der Waals surface area contributed by atoms with Crippen molar-refractivity contribution < 1.29 is 0 Å². The van der Waals surface area contributed by atoms with Gasteiger partial charge < -0.3 is 5.32 Å². The Morgan fingerprint density at radius 3 is 3.20 bits per heavy atom. The van der Waals surface area contributed by atoms with E-state index in [4.69, 9.17) is 0 Å². The predicted molar refractivity (Wildman–Crippen MR) is 41.2 cm³/mol. The normalized spacial score (nSPS) is 15.6. The lowest BCUT2D eigenvalue weighted by atomic mass is 10.1. The standard InChI is InChI=1S/C6H9N3.ClH/c1-2-7-4-6-5(1)3-8-9-6;/h3,7H,1-2,4H2,(H,8,9);1H. The van der Waals surface area contributed by atoms with Gasteiger partial charge in [-0.15, -0.1) is 12.4 Å². The molecule has 3 nitrogen and oxygen atoms in total. The number of hydrogen-bond acceptors (Lipinski definition) is 2. The third-order valence-corrected chi connectivity index (χ3v) is 1.68. The molecule has 0 fully saturated rings. The van der Waals surface area contributed by atoms with Crippen LogP contribution in [0.5, 0.6) is 0 Å². The Morgan fingerprint density at radius 2 is 2.40 bits per heavy atom. The maximum atomic E-state index is 3.94. The molecule has 4 heteroatoms. The molecule has 0 aromatic carbocycles. The van der Waals surface area contributed by atoms with Gasteiger partial charge in [-0.2, -0.15) is 5.10 Å². The molecule has 0 saturated carbocycles. The lowest BCUT2D eigenvalue weighted by molar-refractivity contribution is 0.632. The largest absolute Gasteiger partial charge is 0.311 e. The number of H-pyrrole nitrogens is 1. The van der Waals surface area contributed by atoms with Gasteiger partial charge in [0.2, 0.25) is 0 Å². The number of nitrogens with one attached hydrogen (secondary N) is 2. The van der Waals surface area contributed by atoms with Gasteiger partial charge in [0.1, 0.15) is 0 Å². The van der Waals surface area contributed by atoms with Crippen LogP contribution in [0.25, 0.3) is 0 Å². The van der Waals surface area contributed by atoms with Crippen LogP contribution in [0.3, 0.4) is 0 Å². The Morgan fingerprint density at radius 1 is 1.50 bits per heavy atom. The van der Waals surface area contributed by atoms with E-state index in [1.54, 1.807) is 0 Å². The number of aromatic nitrogens is 2. The summed E-state index contributed by atoms with van der Waals surface area (Å²) in [5.41, 5.74) is 2.62. The van der Waals surface area contributed by atoms with Crippen LogP contribution in [0, 0.1) is 0 Å². The molecule has 1 aliphatic heterocycles. The van der Waals surface area contributed by atoms with Crippen molar-refractivity contribution in [1.29, 1.82) is 0 Å². The zero-order chi connectivity index (χ0) is 6.10. The van der Waals surface area contributed by atoms with Crippen molar-refractivity contribution >= 4 is 12.4 Å². The molecule has 0 atom stereocenters. The van der Waals surface area contributed by atoms with Crippen LogP contribution < -0.4 is 5.32 Å². The second-order valence-electron chi connectivity index (χ2n) is 2.30. The van der Waals surface area contributed by atoms with Crippen molar-refractivity contribution in [3.05, 3.63) is 17.5 Å². The van der Waals surface area contributed by atoms with Crippen LogP contribution in [-0.2, 0) is 13.0 Å². The van der Waals surface area contributed by atoms with Gasteiger partial charge >= 0.3 is 0 Å². The molecule has 56 valence electrons. The van der Waals surface area contributed by atoms with Crippen LogP contribution >= 0.6 is 12.4 Å². The van der Waals surface area contributed by atoms with E-state index in [0.717, 1.165) is 19.5 Å². The van der Waals surface area contributed by atoms with Gasteiger partial charge in [-0.25, -0.2) is 0 Å². The minimum Gasteiger partial charge on any atom is -0.311 e. The van der Waals surface area contributed by atoms with Crippen molar-refractivity contribution in [2.45, 2.75) is 13.0 Å². The molecule has 0 aliphatic carbocycles. The van der Waals surface area contributed by atoms with Gasteiger partial charge in [0.05, 0.1) is 11.9 Å². The molecule has 1 aromatic rings. The lowest BCUT2D eigenvalue weighted by Gasteiger charge is -2.10. The molecule has 1 aromatic heterocycles. The smallest absolute Gasteiger partial charge is 0.0523 e. The molecule has 0 unspecified atom stereocenters. The van der Waals surface area contributed by atoms with E-state index in [9.17, 15) is 0 Å². The van der Waals surface area contributed by atoms with E-state index in [1.165, 1.54) is 11.3 Å². The molecule has 2 heterocycles. The van der Waals surface area contributed by atoms with Crippen molar-refractivity contribution in [3.8, 4) is 0 Å². The van der Waals surface area contributed by atoms with E-state index in [0.29, 0.717) is 0 Å². The van der Waals surface area contributed by atoms with Crippen LogP contribution in [0.1, 0.15) is 11.3 Å². The number of nitrogens with zero attached hydrogens (tertiary/aromatic N) is 1. The molecular formula is C6H10ClN3. The van der Waals surface area contributed by atoms with Gasteiger partial charge in [-0.05, 0) is 18.5 Å². The topological polar surface area (TPSA) is 40.7 Å². The van der Waals surface area contributed by atoms with Crippen molar-refractivity contribution in [2.24, 2.45) is 0 Å². The summed E-state index contributed by atoms with van der Waals surface area (Å²) in [6.45, 7) is 2.04.